The number of benzene rings is 2. The zero-order valence-corrected chi connectivity index (χ0v) is 31.8. The van der Waals surface area contributed by atoms with E-state index in [2.05, 4.69) is 83.3 Å². The SMILES string of the molecule is CSc1ccc2c(c1)N(C#CSOCC(=O)O)/C(=C/C1=CC3=C/C(=C/c4sc5ccc(SC)cc5[n+]4C#CSOCC(=O)[O-])CCC3CC1)S2. The van der Waals surface area contributed by atoms with E-state index in [0.29, 0.717) is 5.92 Å². The Balaban J connectivity index is 1.29. The van der Waals surface area contributed by atoms with Gasteiger partial charge in [0.2, 0.25) is 11.6 Å². The largest absolute Gasteiger partial charge is 0.548 e. The van der Waals surface area contributed by atoms with Crippen LogP contribution in [0.4, 0.5) is 5.69 Å². The monoisotopic (exact) mass is 778 g/mol. The Morgan fingerprint density at radius 3 is 2.58 bits per heavy atom. The Kier molecular flexibility index (Phi) is 12.7. The molecular weight excluding hydrogens is 749 g/mol. The molecule has 1 unspecified atom stereocenters. The Labute approximate surface area is 316 Å². The van der Waals surface area contributed by atoms with E-state index in [4.69, 9.17) is 13.5 Å². The van der Waals surface area contributed by atoms with Crippen LogP contribution in [0.3, 0.4) is 0 Å². The second-order valence-electron chi connectivity index (χ2n) is 11.1. The van der Waals surface area contributed by atoms with Crippen molar-refractivity contribution in [3.63, 3.8) is 0 Å². The molecule has 0 fully saturated rings. The predicted molar refractivity (Wildman–Crippen MR) is 205 cm³/mol. The standard InChI is InChI=1S/C36H30N2O6S6/c1-45-27-7-9-31-29(19-27)37(11-13-47-43-21-35(39)40)33(49-31)17-23-3-5-25-6-4-24(16-26(25)15-23)18-34-38(12-14-48-44-22-36(41)42)30-20-28(46-2)8-10-32(30)50-34/h7-10,15-20,25H,3-6,21-22H2,1-2H3,(H-,39,40,41,42). The van der Waals surface area contributed by atoms with Gasteiger partial charge in [-0.2, -0.15) is 0 Å². The van der Waals surface area contributed by atoms with Crippen molar-refractivity contribution in [2.24, 2.45) is 5.92 Å². The highest BCUT2D eigenvalue weighted by Gasteiger charge is 2.28. The van der Waals surface area contributed by atoms with Gasteiger partial charge in [0.25, 0.3) is 5.01 Å². The lowest BCUT2D eigenvalue weighted by Crippen LogP contribution is -2.29. The van der Waals surface area contributed by atoms with Crippen LogP contribution in [-0.4, -0.2) is 42.8 Å². The number of carboxylic acids is 2. The number of hydrogen-bond acceptors (Lipinski definition) is 12. The van der Waals surface area contributed by atoms with Gasteiger partial charge in [-0.15, -0.1) is 23.5 Å². The maximum absolute atomic E-state index is 10.8. The fourth-order valence-corrected chi connectivity index (χ4v) is 9.32. The van der Waals surface area contributed by atoms with Gasteiger partial charge in [0.15, 0.2) is 6.61 Å². The first-order chi connectivity index (χ1) is 24.3. The molecule has 14 heteroatoms. The molecule has 2 aliphatic carbocycles. The van der Waals surface area contributed by atoms with Gasteiger partial charge < -0.3 is 15.0 Å². The molecule has 0 amide bonds. The lowest BCUT2D eigenvalue weighted by Gasteiger charge is -2.28. The number of allylic oxidation sites excluding steroid dienone is 6. The molecule has 1 atom stereocenters. The van der Waals surface area contributed by atoms with E-state index in [9.17, 15) is 14.7 Å². The van der Waals surface area contributed by atoms with Crippen LogP contribution in [0.5, 0.6) is 0 Å². The summed E-state index contributed by atoms with van der Waals surface area (Å²) in [6.07, 6.45) is 17.2. The lowest BCUT2D eigenvalue weighted by atomic mass is 9.77. The molecule has 8 nitrogen and oxygen atoms in total. The first-order valence-electron chi connectivity index (χ1n) is 15.3. The molecule has 50 heavy (non-hydrogen) atoms. The molecule has 0 spiro atoms. The third-order valence-electron chi connectivity index (χ3n) is 7.92. The van der Waals surface area contributed by atoms with Gasteiger partial charge in [-0.1, -0.05) is 39.8 Å². The smallest absolute Gasteiger partial charge is 0.331 e. The van der Waals surface area contributed by atoms with Crippen LogP contribution in [0.25, 0.3) is 16.3 Å². The van der Waals surface area contributed by atoms with Gasteiger partial charge in [-0.3, -0.25) is 13.3 Å². The number of carbonyl (C=O) groups excluding carboxylic acids is 1. The summed E-state index contributed by atoms with van der Waals surface area (Å²) in [6, 6.07) is 19.0. The molecule has 256 valence electrons. The maximum atomic E-state index is 10.8. The van der Waals surface area contributed by atoms with Crippen molar-refractivity contribution >= 4 is 105 Å². The van der Waals surface area contributed by atoms with E-state index in [1.54, 1.807) is 46.6 Å². The van der Waals surface area contributed by atoms with Gasteiger partial charge in [0.05, 0.1) is 46.0 Å². The van der Waals surface area contributed by atoms with Gasteiger partial charge in [-0.25, -0.2) is 4.79 Å². The number of carbonyl (C=O) groups is 2. The van der Waals surface area contributed by atoms with Crippen LogP contribution >= 0.6 is 70.7 Å². The molecule has 2 aromatic carbocycles. The molecule has 0 saturated heterocycles. The molecule has 0 saturated carbocycles. The highest BCUT2D eigenvalue weighted by molar-refractivity contribution is 8.03. The summed E-state index contributed by atoms with van der Waals surface area (Å²) in [5.41, 5.74) is 5.78. The van der Waals surface area contributed by atoms with E-state index >= 15 is 0 Å². The normalized spacial score (nSPS) is 18.1. The second-order valence-corrected chi connectivity index (χ2v) is 16.2. The number of thiazole rings is 1. The molecule has 3 aliphatic rings. The van der Waals surface area contributed by atoms with E-state index in [1.807, 2.05) is 22.0 Å². The topological polar surface area (TPSA) is 103 Å². The van der Waals surface area contributed by atoms with Gasteiger partial charge in [-0.05, 0) is 97.2 Å². The number of aliphatic carboxylic acids is 2. The Morgan fingerprint density at radius 2 is 1.78 bits per heavy atom. The van der Waals surface area contributed by atoms with Gasteiger partial charge in [0.1, 0.15) is 11.3 Å². The van der Waals surface area contributed by atoms with E-state index < -0.39 is 25.2 Å². The zero-order chi connectivity index (χ0) is 35.0. The average molecular weight is 779 g/mol. The van der Waals surface area contributed by atoms with Crippen molar-refractivity contribution in [3.05, 3.63) is 81.4 Å². The van der Waals surface area contributed by atoms with Crippen molar-refractivity contribution in [3.8, 4) is 22.6 Å². The van der Waals surface area contributed by atoms with Crippen LogP contribution in [0.2, 0.25) is 0 Å². The Hall–Kier alpha value is -3.18. The number of aromatic nitrogens is 1. The Bertz CT molecular complexity index is 2080. The first-order valence-corrected chi connectivity index (χ1v) is 20.9. The number of hydrogen-bond donors (Lipinski definition) is 1. The summed E-state index contributed by atoms with van der Waals surface area (Å²) in [4.78, 5) is 26.9. The molecule has 0 bridgehead atoms. The van der Waals surface area contributed by atoms with E-state index in [1.165, 1.54) is 16.7 Å². The molecule has 3 aromatic rings. The van der Waals surface area contributed by atoms with Crippen LogP contribution in [0.15, 0.2) is 91.1 Å². The minimum Gasteiger partial charge on any atom is -0.548 e. The first kappa shape index (κ1) is 36.6. The number of rotatable bonds is 10. The van der Waals surface area contributed by atoms with E-state index in [-0.39, 0.29) is 0 Å². The average Bonchev–Trinajstić information content (AvgIpc) is 3.62. The van der Waals surface area contributed by atoms with Crippen LogP contribution < -0.4 is 14.6 Å². The molecule has 1 aromatic heterocycles. The number of nitrogens with zero attached hydrogens (tertiary/aromatic N) is 2. The number of thioether (sulfide) groups is 3. The summed E-state index contributed by atoms with van der Waals surface area (Å²) in [7, 11) is 0. The molecule has 1 N–H and O–H groups in total. The molecule has 6 rings (SSSR count). The predicted octanol–water partition coefficient (Wildman–Crippen LogP) is 7.38. The van der Waals surface area contributed by atoms with E-state index in [0.717, 1.165) is 90.4 Å². The molecule has 0 radical (unpaired) electrons. The summed E-state index contributed by atoms with van der Waals surface area (Å²) in [6.45, 7) is -0.943. The fraction of sp³-hybridized carbons (Fsp3) is 0.250. The number of fused-ring (bicyclic) bond motifs is 3. The quantitative estimate of drug-likeness (QED) is 0.0731. The highest BCUT2D eigenvalue weighted by atomic mass is 32.2. The molecule has 1 aliphatic heterocycles. The second kappa shape index (κ2) is 17.4. The number of carboxylic acid groups (broad SMARTS) is 2. The van der Waals surface area contributed by atoms with Crippen LogP contribution in [0, 0.1) is 28.5 Å². The maximum Gasteiger partial charge on any atom is 0.331 e. The summed E-state index contributed by atoms with van der Waals surface area (Å²) in [5.74, 6) is -1.83. The van der Waals surface area contributed by atoms with Crippen molar-refractivity contribution in [2.75, 3.05) is 30.6 Å². The summed E-state index contributed by atoms with van der Waals surface area (Å²) < 4.78 is 13.2. The van der Waals surface area contributed by atoms with Crippen LogP contribution in [-0.2, 0) is 18.0 Å². The van der Waals surface area contributed by atoms with Gasteiger partial charge >= 0.3 is 5.97 Å². The molecule has 2 heterocycles. The highest BCUT2D eigenvalue weighted by Crippen LogP contribution is 2.48. The van der Waals surface area contributed by atoms with Crippen molar-refractivity contribution < 1.29 is 32.7 Å². The minimum atomic E-state index is -1.29. The minimum absolute atomic E-state index is 0.417. The van der Waals surface area contributed by atoms with Crippen molar-refractivity contribution in [1.29, 1.82) is 0 Å². The third kappa shape index (κ3) is 9.18. The van der Waals surface area contributed by atoms with Gasteiger partial charge in [0, 0.05) is 38.1 Å². The fourth-order valence-electron chi connectivity index (χ4n) is 5.64. The van der Waals surface area contributed by atoms with Crippen molar-refractivity contribution in [1.82, 2.24) is 0 Å². The van der Waals surface area contributed by atoms with Crippen molar-refractivity contribution in [2.45, 2.75) is 40.4 Å². The molecular formula is C36H30N2O6S6. The third-order valence-corrected chi connectivity index (χ3v) is 12.3. The lowest BCUT2D eigenvalue weighted by molar-refractivity contribution is -0.551. The summed E-state index contributed by atoms with van der Waals surface area (Å²) in [5, 5.41) is 27.4. The Morgan fingerprint density at radius 1 is 1.02 bits per heavy atom. The van der Waals surface area contributed by atoms with Crippen LogP contribution in [0.1, 0.15) is 30.7 Å². The summed E-state index contributed by atoms with van der Waals surface area (Å²) >= 11 is 8.31. The zero-order valence-electron chi connectivity index (χ0n) is 26.9. The number of anilines is 1.